The summed E-state index contributed by atoms with van der Waals surface area (Å²) in [7, 11) is 0. The number of carboxylic acids is 1. The van der Waals surface area contributed by atoms with E-state index in [0.717, 1.165) is 5.69 Å². The number of aromatic carboxylic acids is 1. The van der Waals surface area contributed by atoms with E-state index < -0.39 is 5.97 Å². The monoisotopic (exact) mass is 264 g/mol. The molecule has 1 saturated heterocycles. The fourth-order valence-electron chi connectivity index (χ4n) is 2.14. The zero-order chi connectivity index (χ0) is 14.2. The van der Waals surface area contributed by atoms with Gasteiger partial charge in [-0.1, -0.05) is 20.8 Å². The molecule has 2 rings (SSSR count). The number of hydrogen-bond acceptors (Lipinski definition) is 4. The molecule has 5 heteroatoms. The number of anilines is 1. The summed E-state index contributed by atoms with van der Waals surface area (Å²) >= 11 is 0. The number of nitrogens with zero attached hydrogens (tertiary/aromatic N) is 2. The molecule has 2 heterocycles. The largest absolute Gasteiger partial charge is 0.478 e. The van der Waals surface area contributed by atoms with E-state index in [1.165, 1.54) is 0 Å². The predicted octanol–water partition coefficient (Wildman–Crippen LogP) is 1.65. The van der Waals surface area contributed by atoms with Crippen LogP contribution in [0.3, 0.4) is 0 Å². The molecule has 104 valence electrons. The molecule has 1 aromatic heterocycles. The van der Waals surface area contributed by atoms with Crippen molar-refractivity contribution in [2.45, 2.75) is 38.7 Å². The molecule has 1 fully saturated rings. The average molecular weight is 264 g/mol. The highest BCUT2D eigenvalue weighted by atomic mass is 16.4. The van der Waals surface area contributed by atoms with Crippen molar-refractivity contribution in [3.05, 3.63) is 23.4 Å². The van der Waals surface area contributed by atoms with Gasteiger partial charge in [0.05, 0.1) is 11.7 Å². The van der Waals surface area contributed by atoms with E-state index in [0.29, 0.717) is 25.3 Å². The second-order valence-electron chi connectivity index (χ2n) is 6.04. The first kappa shape index (κ1) is 13.8. The van der Waals surface area contributed by atoms with Crippen molar-refractivity contribution >= 4 is 11.8 Å². The molecule has 0 radical (unpaired) electrons. The van der Waals surface area contributed by atoms with Crippen LogP contribution in [0.1, 0.15) is 43.2 Å². The molecule has 0 aromatic carbocycles. The van der Waals surface area contributed by atoms with Crippen molar-refractivity contribution < 1.29 is 15.0 Å². The highest BCUT2D eigenvalue weighted by Crippen LogP contribution is 2.26. The van der Waals surface area contributed by atoms with Gasteiger partial charge in [-0.25, -0.2) is 9.78 Å². The topological polar surface area (TPSA) is 73.7 Å². The minimum atomic E-state index is -0.950. The zero-order valence-electron chi connectivity index (χ0n) is 11.6. The van der Waals surface area contributed by atoms with Crippen molar-refractivity contribution in [3.8, 4) is 0 Å². The SMILES string of the molecule is CC(C)(C)c1cc(C(=O)O)cc(N2CCC(O)C2)n1. The van der Waals surface area contributed by atoms with Gasteiger partial charge in [-0.2, -0.15) is 0 Å². The summed E-state index contributed by atoms with van der Waals surface area (Å²) in [5, 5.41) is 18.8. The lowest BCUT2D eigenvalue weighted by molar-refractivity contribution is 0.0696. The van der Waals surface area contributed by atoms with Gasteiger partial charge in [0.2, 0.25) is 0 Å². The summed E-state index contributed by atoms with van der Waals surface area (Å²) in [6.07, 6.45) is 0.345. The first-order valence-electron chi connectivity index (χ1n) is 6.46. The molecule has 0 saturated carbocycles. The Labute approximate surface area is 112 Å². The van der Waals surface area contributed by atoms with Gasteiger partial charge >= 0.3 is 5.97 Å². The van der Waals surface area contributed by atoms with Crippen molar-refractivity contribution in [1.82, 2.24) is 4.98 Å². The number of aliphatic hydroxyl groups is 1. The van der Waals surface area contributed by atoms with Gasteiger partial charge in [0.15, 0.2) is 0 Å². The number of aromatic nitrogens is 1. The minimum absolute atomic E-state index is 0.210. The normalized spacial score (nSPS) is 19.8. The number of carboxylic acid groups (broad SMARTS) is 1. The first-order chi connectivity index (χ1) is 8.77. The third-order valence-corrected chi connectivity index (χ3v) is 3.31. The number of β-amino-alcohol motifs (C(OH)–C–C–N with tert-alkyl or cyclic N) is 1. The molecule has 0 spiro atoms. The molecule has 1 aromatic rings. The van der Waals surface area contributed by atoms with Gasteiger partial charge in [0.1, 0.15) is 5.82 Å². The van der Waals surface area contributed by atoms with E-state index in [2.05, 4.69) is 4.98 Å². The summed E-state index contributed by atoms with van der Waals surface area (Å²) in [4.78, 5) is 17.7. The van der Waals surface area contributed by atoms with Crippen molar-refractivity contribution in [2.75, 3.05) is 18.0 Å². The standard InChI is InChI=1S/C14H20N2O3/c1-14(2,3)11-6-9(13(18)19)7-12(15-11)16-5-4-10(17)8-16/h6-7,10,17H,4-5,8H2,1-3H3,(H,18,19). The van der Waals surface area contributed by atoms with Crippen LogP contribution >= 0.6 is 0 Å². The number of pyridine rings is 1. The highest BCUT2D eigenvalue weighted by Gasteiger charge is 2.25. The van der Waals surface area contributed by atoms with Crippen LogP contribution < -0.4 is 4.90 Å². The molecule has 0 amide bonds. The van der Waals surface area contributed by atoms with Gasteiger partial charge in [-0.15, -0.1) is 0 Å². The smallest absolute Gasteiger partial charge is 0.335 e. The highest BCUT2D eigenvalue weighted by molar-refractivity contribution is 5.88. The molecule has 1 unspecified atom stereocenters. The summed E-state index contributed by atoms with van der Waals surface area (Å²) in [5.41, 5.74) is 0.790. The van der Waals surface area contributed by atoms with Crippen molar-refractivity contribution in [3.63, 3.8) is 0 Å². The zero-order valence-corrected chi connectivity index (χ0v) is 11.6. The van der Waals surface area contributed by atoms with E-state index in [9.17, 15) is 15.0 Å². The van der Waals surface area contributed by atoms with Gasteiger partial charge in [0, 0.05) is 24.2 Å². The number of aliphatic hydroxyl groups excluding tert-OH is 1. The quantitative estimate of drug-likeness (QED) is 0.849. The minimum Gasteiger partial charge on any atom is -0.478 e. The van der Waals surface area contributed by atoms with Crippen LogP contribution in [0.2, 0.25) is 0 Å². The van der Waals surface area contributed by atoms with Crippen LogP contribution in [0.15, 0.2) is 12.1 Å². The average Bonchev–Trinajstić information content (AvgIpc) is 2.74. The fraction of sp³-hybridized carbons (Fsp3) is 0.571. The van der Waals surface area contributed by atoms with E-state index in [1.54, 1.807) is 12.1 Å². The Morgan fingerprint density at radius 1 is 1.42 bits per heavy atom. The Balaban J connectivity index is 2.43. The predicted molar refractivity (Wildman–Crippen MR) is 72.7 cm³/mol. The van der Waals surface area contributed by atoms with E-state index >= 15 is 0 Å². The Hall–Kier alpha value is -1.62. The van der Waals surface area contributed by atoms with Gasteiger partial charge in [0.25, 0.3) is 0 Å². The lowest BCUT2D eigenvalue weighted by Crippen LogP contribution is -2.24. The first-order valence-corrected chi connectivity index (χ1v) is 6.46. The second-order valence-corrected chi connectivity index (χ2v) is 6.04. The summed E-state index contributed by atoms with van der Waals surface area (Å²) in [6.45, 7) is 7.23. The van der Waals surface area contributed by atoms with Crippen LogP contribution in [0.4, 0.5) is 5.82 Å². The van der Waals surface area contributed by atoms with Crippen LogP contribution in [-0.4, -0.2) is 40.4 Å². The Morgan fingerprint density at radius 2 is 2.11 bits per heavy atom. The number of carbonyl (C=O) groups is 1. The second kappa shape index (κ2) is 4.81. The van der Waals surface area contributed by atoms with Gasteiger partial charge in [-0.3, -0.25) is 0 Å². The van der Waals surface area contributed by atoms with Crippen LogP contribution in [0.5, 0.6) is 0 Å². The summed E-state index contributed by atoms with van der Waals surface area (Å²) in [6, 6.07) is 3.20. The Kier molecular flexibility index (Phi) is 3.49. The number of hydrogen-bond donors (Lipinski definition) is 2. The molecule has 0 bridgehead atoms. The third-order valence-electron chi connectivity index (χ3n) is 3.31. The van der Waals surface area contributed by atoms with Crippen LogP contribution in [-0.2, 0) is 5.41 Å². The van der Waals surface area contributed by atoms with Crippen molar-refractivity contribution in [2.24, 2.45) is 0 Å². The van der Waals surface area contributed by atoms with E-state index in [1.807, 2.05) is 25.7 Å². The molecule has 19 heavy (non-hydrogen) atoms. The van der Waals surface area contributed by atoms with Crippen LogP contribution in [0, 0.1) is 0 Å². The molecule has 1 aliphatic rings. The molecule has 1 atom stereocenters. The fourth-order valence-corrected chi connectivity index (χ4v) is 2.14. The van der Waals surface area contributed by atoms with E-state index in [-0.39, 0.29) is 17.1 Å². The molecule has 0 aliphatic carbocycles. The maximum absolute atomic E-state index is 11.2. The maximum Gasteiger partial charge on any atom is 0.335 e. The van der Waals surface area contributed by atoms with Crippen LogP contribution in [0.25, 0.3) is 0 Å². The Morgan fingerprint density at radius 3 is 2.58 bits per heavy atom. The summed E-state index contributed by atoms with van der Waals surface area (Å²) in [5.74, 6) is -0.310. The lowest BCUT2D eigenvalue weighted by Gasteiger charge is -2.23. The van der Waals surface area contributed by atoms with Gasteiger partial charge in [-0.05, 0) is 18.6 Å². The third kappa shape index (κ3) is 3.04. The number of rotatable bonds is 2. The van der Waals surface area contributed by atoms with E-state index in [4.69, 9.17) is 0 Å². The molecular weight excluding hydrogens is 244 g/mol. The molecular formula is C14H20N2O3. The molecule has 1 aliphatic heterocycles. The van der Waals surface area contributed by atoms with Crippen molar-refractivity contribution in [1.29, 1.82) is 0 Å². The molecule has 2 N–H and O–H groups in total. The summed E-state index contributed by atoms with van der Waals surface area (Å²) < 4.78 is 0. The van der Waals surface area contributed by atoms with Gasteiger partial charge < -0.3 is 15.1 Å². The molecule has 5 nitrogen and oxygen atoms in total. The Bertz CT molecular complexity index is 494. The lowest BCUT2D eigenvalue weighted by atomic mass is 9.90. The maximum atomic E-state index is 11.2.